The normalized spacial score (nSPS) is 23.0. The number of nitrogens with zero attached hydrogens (tertiary/aromatic N) is 2. The van der Waals surface area contributed by atoms with Crippen molar-refractivity contribution >= 4 is 22.0 Å². The molecule has 0 saturated carbocycles. The molecule has 0 radical (unpaired) electrons. The lowest BCUT2D eigenvalue weighted by molar-refractivity contribution is 0.527. The molecule has 0 fully saturated rings. The Morgan fingerprint density at radius 2 is 1.56 bits per heavy atom. The number of hydrogen-bond acceptors (Lipinski definition) is 2. The highest BCUT2D eigenvalue weighted by molar-refractivity contribution is 6.83. The van der Waals surface area contributed by atoms with Crippen molar-refractivity contribution in [3.05, 3.63) is 11.9 Å². The summed E-state index contributed by atoms with van der Waals surface area (Å²) in [6.45, 7) is 19.0. The summed E-state index contributed by atoms with van der Waals surface area (Å²) in [6, 6.07) is 0. The second-order valence-electron chi connectivity index (χ2n) is 6.85. The van der Waals surface area contributed by atoms with E-state index in [1.807, 2.05) is 6.20 Å². The molecule has 4 heteroatoms. The number of hydrogen-bond donors (Lipinski definition) is 0. The summed E-state index contributed by atoms with van der Waals surface area (Å²) in [5.74, 6) is 0. The predicted molar refractivity (Wildman–Crippen MR) is 79.2 cm³/mol. The lowest BCUT2D eigenvalue weighted by Crippen LogP contribution is -2.63. The van der Waals surface area contributed by atoms with Gasteiger partial charge in [0.1, 0.15) is 8.24 Å². The average molecular weight is 255 g/mol. The fourth-order valence-electron chi connectivity index (χ4n) is 2.65. The summed E-state index contributed by atoms with van der Waals surface area (Å²) in [7, 11) is -2.56. The highest BCUT2D eigenvalue weighted by atomic mass is 28.3. The van der Waals surface area contributed by atoms with Crippen molar-refractivity contribution in [2.45, 2.75) is 58.8 Å². The molecule has 0 aromatic rings. The molecule has 0 aliphatic carbocycles. The molecule has 0 spiro atoms. The Bertz CT molecular complexity index is 298. The maximum atomic E-state index is 4.59. The van der Waals surface area contributed by atoms with Crippen molar-refractivity contribution in [1.29, 1.82) is 0 Å². The van der Waals surface area contributed by atoms with Crippen LogP contribution in [0.4, 0.5) is 0 Å². The monoisotopic (exact) mass is 254 g/mol. The third kappa shape index (κ3) is 2.66. The van der Waals surface area contributed by atoms with E-state index in [2.05, 4.69) is 62.7 Å². The predicted octanol–water partition coefficient (Wildman–Crippen LogP) is 3.71. The van der Waals surface area contributed by atoms with Gasteiger partial charge in [-0.15, -0.1) is 0 Å². The van der Waals surface area contributed by atoms with Crippen molar-refractivity contribution in [2.24, 2.45) is 4.99 Å². The molecule has 0 N–H and O–H groups in total. The molecule has 1 atom stereocenters. The Balaban J connectivity index is 3.22. The third-order valence-electron chi connectivity index (χ3n) is 3.03. The van der Waals surface area contributed by atoms with Crippen LogP contribution in [-0.4, -0.2) is 32.3 Å². The smallest absolute Gasteiger partial charge is 0.147 e. The summed E-state index contributed by atoms with van der Waals surface area (Å²) in [5, 5.41) is 0. The lowest BCUT2D eigenvalue weighted by Gasteiger charge is -2.49. The number of allylic oxidation sites excluding steroid dienone is 1. The van der Waals surface area contributed by atoms with Crippen LogP contribution in [-0.2, 0) is 0 Å². The Kier molecular flexibility index (Phi) is 3.55. The zero-order chi connectivity index (χ0) is 12.7. The van der Waals surface area contributed by atoms with Gasteiger partial charge in [-0.25, -0.2) is 0 Å². The molecule has 0 amide bonds. The highest BCUT2D eigenvalue weighted by Crippen LogP contribution is 2.29. The molecule has 1 rings (SSSR count). The zero-order valence-corrected chi connectivity index (χ0v) is 14.0. The van der Waals surface area contributed by atoms with E-state index in [4.69, 9.17) is 0 Å². The van der Waals surface area contributed by atoms with Crippen molar-refractivity contribution in [1.82, 2.24) is 4.57 Å². The summed E-state index contributed by atoms with van der Waals surface area (Å²) in [5.41, 5.74) is 3.26. The van der Waals surface area contributed by atoms with Crippen LogP contribution >= 0.6 is 0 Å². The maximum Gasteiger partial charge on any atom is 0.147 e. The fraction of sp³-hybridized carbons (Fsp3) is 0.750. The fourth-order valence-corrected chi connectivity index (χ4v) is 9.36. The van der Waals surface area contributed by atoms with E-state index < -0.39 is 16.3 Å². The first-order chi connectivity index (χ1) is 7.05. The SMILES string of the molecule is CC1=CN=C(C)C([Si](C)(C)C)N1[Si](C)(C)C. The van der Waals surface area contributed by atoms with Crippen molar-refractivity contribution in [2.75, 3.05) is 0 Å². The minimum absolute atomic E-state index is 0.587. The van der Waals surface area contributed by atoms with Gasteiger partial charge in [-0.3, -0.25) is 4.99 Å². The van der Waals surface area contributed by atoms with Crippen LogP contribution < -0.4 is 0 Å². The van der Waals surface area contributed by atoms with Crippen LogP contribution in [0.15, 0.2) is 16.9 Å². The second kappa shape index (κ2) is 4.15. The molecule has 1 unspecified atom stereocenters. The van der Waals surface area contributed by atoms with Gasteiger partial charge in [-0.1, -0.05) is 39.3 Å². The second-order valence-corrected chi connectivity index (χ2v) is 17.0. The molecular weight excluding hydrogens is 228 g/mol. The molecule has 1 aliphatic rings. The summed E-state index contributed by atoms with van der Waals surface area (Å²) < 4.78 is 2.70. The zero-order valence-electron chi connectivity index (χ0n) is 12.0. The molecule has 0 aromatic heterocycles. The van der Waals surface area contributed by atoms with Gasteiger partial charge in [0.15, 0.2) is 0 Å². The van der Waals surface area contributed by atoms with Crippen LogP contribution in [0.5, 0.6) is 0 Å². The third-order valence-corrected chi connectivity index (χ3v) is 7.66. The molecule has 0 aromatic carbocycles. The van der Waals surface area contributed by atoms with Gasteiger partial charge < -0.3 is 4.57 Å². The van der Waals surface area contributed by atoms with E-state index >= 15 is 0 Å². The van der Waals surface area contributed by atoms with Crippen molar-refractivity contribution in [3.63, 3.8) is 0 Å². The molecule has 92 valence electrons. The maximum absolute atomic E-state index is 4.59. The van der Waals surface area contributed by atoms with Gasteiger partial charge in [0.2, 0.25) is 0 Å². The van der Waals surface area contributed by atoms with Gasteiger partial charge in [0.05, 0.1) is 8.07 Å². The molecule has 0 saturated heterocycles. The van der Waals surface area contributed by atoms with Gasteiger partial charge in [-0.05, 0) is 13.8 Å². The van der Waals surface area contributed by atoms with E-state index in [0.717, 1.165) is 0 Å². The van der Waals surface area contributed by atoms with Crippen LogP contribution in [0.25, 0.3) is 0 Å². The first-order valence-electron chi connectivity index (χ1n) is 6.05. The number of aliphatic imine (C=N–C) groups is 1. The summed E-state index contributed by atoms with van der Waals surface area (Å²) >= 11 is 0. The standard InChI is InChI=1S/C12H26N2Si2/c1-10-9-13-11(2)12(15(3,4)5)14(10)16(6,7)8/h9,12H,1-8H3. The molecule has 2 nitrogen and oxygen atoms in total. The highest BCUT2D eigenvalue weighted by Gasteiger charge is 2.41. The van der Waals surface area contributed by atoms with Crippen molar-refractivity contribution < 1.29 is 0 Å². The van der Waals surface area contributed by atoms with E-state index in [-0.39, 0.29) is 0 Å². The Morgan fingerprint density at radius 3 is 1.88 bits per heavy atom. The van der Waals surface area contributed by atoms with Crippen LogP contribution in [0, 0.1) is 0 Å². The first-order valence-corrected chi connectivity index (χ1v) is 13.1. The Labute approximate surface area is 103 Å². The molecular formula is C12H26N2Si2. The molecule has 1 aliphatic heterocycles. The topological polar surface area (TPSA) is 15.6 Å². The van der Waals surface area contributed by atoms with Crippen molar-refractivity contribution in [3.8, 4) is 0 Å². The van der Waals surface area contributed by atoms with E-state index in [0.29, 0.717) is 5.67 Å². The average Bonchev–Trinajstić information content (AvgIpc) is 2.04. The van der Waals surface area contributed by atoms with Gasteiger partial charge in [0, 0.05) is 23.3 Å². The van der Waals surface area contributed by atoms with Crippen LogP contribution in [0.3, 0.4) is 0 Å². The van der Waals surface area contributed by atoms with Crippen LogP contribution in [0.1, 0.15) is 13.8 Å². The van der Waals surface area contributed by atoms with Gasteiger partial charge in [-0.2, -0.15) is 0 Å². The summed E-state index contributed by atoms with van der Waals surface area (Å²) in [4.78, 5) is 4.59. The molecule has 0 bridgehead atoms. The summed E-state index contributed by atoms with van der Waals surface area (Å²) in [6.07, 6.45) is 2.05. The van der Waals surface area contributed by atoms with Gasteiger partial charge >= 0.3 is 0 Å². The minimum Gasteiger partial charge on any atom is -0.395 e. The van der Waals surface area contributed by atoms with E-state index in [9.17, 15) is 0 Å². The lowest BCUT2D eigenvalue weighted by atomic mass is 10.3. The first kappa shape index (κ1) is 13.7. The molecule has 16 heavy (non-hydrogen) atoms. The largest absolute Gasteiger partial charge is 0.395 e. The van der Waals surface area contributed by atoms with E-state index in [1.54, 1.807) is 0 Å². The Hall–Kier alpha value is -0.356. The Morgan fingerprint density at radius 1 is 1.06 bits per heavy atom. The number of rotatable bonds is 2. The quantitative estimate of drug-likeness (QED) is 0.686. The van der Waals surface area contributed by atoms with E-state index in [1.165, 1.54) is 11.4 Å². The minimum atomic E-state index is -1.32. The van der Waals surface area contributed by atoms with Gasteiger partial charge in [0.25, 0.3) is 0 Å². The molecule has 1 heterocycles. The van der Waals surface area contributed by atoms with Crippen LogP contribution in [0.2, 0.25) is 39.3 Å².